The number of carboxylic acids is 1. The van der Waals surface area contributed by atoms with E-state index in [1.54, 1.807) is 19.2 Å². The fourth-order valence-corrected chi connectivity index (χ4v) is 2.61. The number of nitrogens with one attached hydrogen (secondary N) is 1. The number of nitrogens with zero attached hydrogens (tertiary/aromatic N) is 2. The van der Waals surface area contributed by atoms with Gasteiger partial charge in [0.25, 0.3) is 0 Å². The summed E-state index contributed by atoms with van der Waals surface area (Å²) in [6, 6.07) is 13.4. The van der Waals surface area contributed by atoms with Gasteiger partial charge in [-0.05, 0) is 42.8 Å². The molecule has 8 nitrogen and oxygen atoms in total. The van der Waals surface area contributed by atoms with Gasteiger partial charge in [-0.3, -0.25) is 4.79 Å². The van der Waals surface area contributed by atoms with Crippen LogP contribution in [0.25, 0.3) is 11.4 Å². The van der Waals surface area contributed by atoms with E-state index in [2.05, 4.69) is 15.5 Å². The van der Waals surface area contributed by atoms with Gasteiger partial charge in [0.05, 0.1) is 18.2 Å². The molecule has 0 aliphatic heterocycles. The Morgan fingerprint density at radius 3 is 2.61 bits per heavy atom. The minimum absolute atomic E-state index is 0.167. The van der Waals surface area contributed by atoms with Crippen molar-refractivity contribution in [1.82, 2.24) is 10.1 Å². The number of carbonyl (C=O) groups is 2. The molecule has 2 N–H and O–H groups in total. The Balaban J connectivity index is 1.50. The molecule has 1 heterocycles. The molecule has 0 saturated heterocycles. The van der Waals surface area contributed by atoms with E-state index in [9.17, 15) is 9.59 Å². The lowest BCUT2D eigenvalue weighted by Crippen LogP contribution is -2.11. The number of ether oxygens (including phenoxy) is 1. The molecule has 3 rings (SSSR count). The lowest BCUT2D eigenvalue weighted by Gasteiger charge is -2.05. The molecule has 0 aliphatic rings. The summed E-state index contributed by atoms with van der Waals surface area (Å²) in [5, 5.41) is 15.6. The first kappa shape index (κ1) is 19.1. The highest BCUT2D eigenvalue weighted by atomic mass is 16.5. The number of benzene rings is 2. The van der Waals surface area contributed by atoms with Gasteiger partial charge in [-0.15, -0.1) is 0 Å². The first-order valence-corrected chi connectivity index (χ1v) is 8.66. The fraction of sp³-hybridized carbons (Fsp3) is 0.200. The molecule has 0 unspecified atom stereocenters. The maximum Gasteiger partial charge on any atom is 0.335 e. The van der Waals surface area contributed by atoms with Crippen LogP contribution in [0.15, 0.2) is 53.1 Å². The van der Waals surface area contributed by atoms with Gasteiger partial charge in [0.1, 0.15) is 5.75 Å². The number of aromatic nitrogens is 2. The zero-order valence-corrected chi connectivity index (χ0v) is 15.2. The van der Waals surface area contributed by atoms with E-state index in [-0.39, 0.29) is 17.9 Å². The van der Waals surface area contributed by atoms with Crippen LogP contribution in [0.4, 0.5) is 5.69 Å². The molecule has 0 bridgehead atoms. The van der Waals surface area contributed by atoms with Crippen molar-refractivity contribution in [2.24, 2.45) is 0 Å². The maximum atomic E-state index is 12.0. The number of hydrogen-bond donors (Lipinski definition) is 2. The zero-order chi connectivity index (χ0) is 19.9. The van der Waals surface area contributed by atoms with Crippen molar-refractivity contribution < 1.29 is 24.0 Å². The highest BCUT2D eigenvalue weighted by molar-refractivity contribution is 5.92. The van der Waals surface area contributed by atoms with Crippen molar-refractivity contribution in [3.05, 3.63) is 60.0 Å². The third kappa shape index (κ3) is 4.73. The number of rotatable bonds is 8. The Morgan fingerprint density at radius 2 is 1.89 bits per heavy atom. The smallest absolute Gasteiger partial charge is 0.335 e. The molecule has 0 spiro atoms. The van der Waals surface area contributed by atoms with Crippen molar-refractivity contribution in [2.45, 2.75) is 19.3 Å². The molecule has 8 heteroatoms. The average Bonchev–Trinajstić information content (AvgIpc) is 3.17. The maximum absolute atomic E-state index is 12.0. The molecule has 2 aromatic carbocycles. The van der Waals surface area contributed by atoms with E-state index in [1.807, 2.05) is 24.3 Å². The number of aryl methyl sites for hydroxylation is 1. The highest BCUT2D eigenvalue weighted by Crippen LogP contribution is 2.27. The summed E-state index contributed by atoms with van der Waals surface area (Å²) in [6.45, 7) is 0. The summed E-state index contributed by atoms with van der Waals surface area (Å²) in [4.78, 5) is 27.2. The molecule has 3 aromatic rings. The number of methoxy groups -OCH3 is 1. The van der Waals surface area contributed by atoms with E-state index in [0.717, 1.165) is 5.56 Å². The van der Waals surface area contributed by atoms with E-state index >= 15 is 0 Å². The van der Waals surface area contributed by atoms with Crippen molar-refractivity contribution in [1.29, 1.82) is 0 Å². The summed E-state index contributed by atoms with van der Waals surface area (Å²) in [5.41, 5.74) is 1.45. The summed E-state index contributed by atoms with van der Waals surface area (Å²) in [6.07, 6.45) is 1.27. The first-order valence-electron chi connectivity index (χ1n) is 8.66. The Kier molecular flexibility index (Phi) is 6.01. The number of amides is 1. The Labute approximate surface area is 161 Å². The fourth-order valence-electron chi connectivity index (χ4n) is 2.61. The Morgan fingerprint density at radius 1 is 1.14 bits per heavy atom. The molecular formula is C20H19N3O5. The monoisotopic (exact) mass is 381 g/mol. The number of aromatic carboxylic acids is 1. The van der Waals surface area contributed by atoms with E-state index < -0.39 is 5.97 Å². The minimum Gasteiger partial charge on any atom is -0.496 e. The van der Waals surface area contributed by atoms with Gasteiger partial charge in [-0.25, -0.2) is 4.79 Å². The molecule has 1 amide bonds. The molecule has 0 atom stereocenters. The van der Waals surface area contributed by atoms with Gasteiger partial charge < -0.3 is 19.7 Å². The van der Waals surface area contributed by atoms with Crippen LogP contribution in [0.3, 0.4) is 0 Å². The molecule has 28 heavy (non-hydrogen) atoms. The second-order valence-electron chi connectivity index (χ2n) is 6.00. The molecule has 0 fully saturated rings. The minimum atomic E-state index is -1.01. The molecular weight excluding hydrogens is 362 g/mol. The van der Waals surface area contributed by atoms with Gasteiger partial charge in [-0.2, -0.15) is 4.98 Å². The van der Waals surface area contributed by atoms with Crippen LogP contribution in [0.2, 0.25) is 0 Å². The second kappa shape index (κ2) is 8.81. The molecule has 1 aromatic heterocycles. The zero-order valence-electron chi connectivity index (χ0n) is 15.2. The van der Waals surface area contributed by atoms with Gasteiger partial charge >= 0.3 is 5.97 Å². The third-order valence-corrected chi connectivity index (χ3v) is 4.03. The predicted octanol–water partition coefficient (Wildman–Crippen LogP) is 3.40. The van der Waals surface area contributed by atoms with Gasteiger partial charge in [-0.1, -0.05) is 17.3 Å². The molecule has 0 aliphatic carbocycles. The van der Waals surface area contributed by atoms with Crippen LogP contribution < -0.4 is 10.1 Å². The lowest BCUT2D eigenvalue weighted by atomic mass is 10.2. The Hall–Kier alpha value is -3.68. The first-order chi connectivity index (χ1) is 13.6. The van der Waals surface area contributed by atoms with Crippen LogP contribution in [-0.4, -0.2) is 34.2 Å². The standard InChI is InChI=1S/C20H19N3O5/c1-27-16-6-3-2-5-15(16)19-22-18(28-23-19)8-4-7-17(24)21-14-11-9-13(10-12-14)20(25)26/h2-3,5-6,9-12H,4,7-8H2,1H3,(H,21,24)(H,25,26). The van der Waals surface area contributed by atoms with E-state index in [0.29, 0.717) is 36.0 Å². The summed E-state index contributed by atoms with van der Waals surface area (Å²) in [7, 11) is 1.58. The normalized spacial score (nSPS) is 10.5. The highest BCUT2D eigenvalue weighted by Gasteiger charge is 2.13. The summed E-state index contributed by atoms with van der Waals surface area (Å²) < 4.78 is 10.5. The Bertz CT molecular complexity index is 966. The summed E-state index contributed by atoms with van der Waals surface area (Å²) in [5.74, 6) is 0.357. The lowest BCUT2D eigenvalue weighted by molar-refractivity contribution is -0.116. The van der Waals surface area contributed by atoms with Crippen LogP contribution in [-0.2, 0) is 11.2 Å². The van der Waals surface area contributed by atoms with Gasteiger partial charge in [0, 0.05) is 18.5 Å². The number of hydrogen-bond acceptors (Lipinski definition) is 6. The molecule has 0 radical (unpaired) electrons. The van der Waals surface area contributed by atoms with Crippen LogP contribution in [0.5, 0.6) is 5.75 Å². The second-order valence-corrected chi connectivity index (χ2v) is 6.00. The number of carbonyl (C=O) groups excluding carboxylic acids is 1. The molecule has 144 valence electrons. The average molecular weight is 381 g/mol. The topological polar surface area (TPSA) is 115 Å². The number of carboxylic acid groups (broad SMARTS) is 1. The molecule has 0 saturated carbocycles. The third-order valence-electron chi connectivity index (χ3n) is 4.03. The van der Waals surface area contributed by atoms with Crippen molar-refractivity contribution in [3.63, 3.8) is 0 Å². The SMILES string of the molecule is COc1ccccc1-c1noc(CCCC(=O)Nc2ccc(C(=O)O)cc2)n1. The van der Waals surface area contributed by atoms with E-state index in [4.69, 9.17) is 14.4 Å². The largest absolute Gasteiger partial charge is 0.496 e. The van der Waals surface area contributed by atoms with Crippen molar-refractivity contribution >= 4 is 17.6 Å². The van der Waals surface area contributed by atoms with Crippen LogP contribution >= 0.6 is 0 Å². The van der Waals surface area contributed by atoms with Crippen molar-refractivity contribution in [2.75, 3.05) is 12.4 Å². The quantitative estimate of drug-likeness (QED) is 0.614. The number of anilines is 1. The van der Waals surface area contributed by atoms with Crippen LogP contribution in [0, 0.1) is 0 Å². The van der Waals surface area contributed by atoms with E-state index in [1.165, 1.54) is 12.1 Å². The van der Waals surface area contributed by atoms with Crippen molar-refractivity contribution in [3.8, 4) is 17.1 Å². The van der Waals surface area contributed by atoms with Gasteiger partial charge in [0.2, 0.25) is 17.6 Å². The summed E-state index contributed by atoms with van der Waals surface area (Å²) >= 11 is 0. The number of para-hydroxylation sites is 1. The van der Waals surface area contributed by atoms with Crippen LogP contribution in [0.1, 0.15) is 29.1 Å². The predicted molar refractivity (Wildman–Crippen MR) is 101 cm³/mol. The van der Waals surface area contributed by atoms with Gasteiger partial charge in [0.15, 0.2) is 0 Å².